The van der Waals surface area contributed by atoms with Crippen LogP contribution in [-0.2, 0) is 31.0 Å². The molecule has 10 rings (SSSR count). The maximum atomic E-state index is 15.6. The van der Waals surface area contributed by atoms with Crippen molar-refractivity contribution in [3.63, 3.8) is 0 Å². The summed E-state index contributed by atoms with van der Waals surface area (Å²) < 4.78 is 6.23. The lowest BCUT2D eigenvalue weighted by atomic mass is 9.48. The number of aromatic hydroxyl groups is 1. The number of phenols is 1. The first-order chi connectivity index (χ1) is 29.5. The van der Waals surface area contributed by atoms with Crippen molar-refractivity contribution in [2.75, 3.05) is 28.8 Å². The smallest absolute Gasteiger partial charge is 0.246 e. The quantitative estimate of drug-likeness (QED) is 0.0983. The molecule has 5 aromatic rings. The molecule has 0 aromatic heterocycles. The number of allylic oxidation sites excluding steroid dienone is 3. The van der Waals surface area contributed by atoms with Crippen molar-refractivity contribution in [2.24, 2.45) is 39.8 Å². The van der Waals surface area contributed by atoms with Gasteiger partial charge in [-0.3, -0.25) is 24.1 Å². The Kier molecular flexibility index (Phi) is 9.25. The molecule has 2 saturated heterocycles. The highest BCUT2D eigenvalue weighted by atomic mass is 35.5. The summed E-state index contributed by atoms with van der Waals surface area (Å²) in [5.41, 5.74) is 4.55. The number of imide groups is 2. The highest BCUT2D eigenvalue weighted by Gasteiger charge is 2.70. The van der Waals surface area contributed by atoms with Crippen molar-refractivity contribution >= 4 is 63.7 Å². The molecule has 4 amide bonds. The zero-order chi connectivity index (χ0) is 42.2. The van der Waals surface area contributed by atoms with Crippen molar-refractivity contribution in [1.82, 2.24) is 0 Å². The van der Waals surface area contributed by atoms with E-state index < -0.39 is 46.8 Å². The van der Waals surface area contributed by atoms with E-state index in [1.54, 1.807) is 73.0 Å². The fraction of sp³-hybridized carbons (Fsp3) is 0.224. The second-order valence-corrected chi connectivity index (χ2v) is 16.9. The monoisotopic (exact) mass is 829 g/mol. The Bertz CT molecular complexity index is 2730. The lowest BCUT2D eigenvalue weighted by Crippen LogP contribution is -2.55. The summed E-state index contributed by atoms with van der Waals surface area (Å²) in [7, 11) is 3.93. The summed E-state index contributed by atoms with van der Waals surface area (Å²) in [6.07, 6.45) is 4.43. The molecule has 2 aliphatic carbocycles. The first kappa shape index (κ1) is 38.4. The number of amides is 4. The first-order valence-electron chi connectivity index (χ1n) is 20.3. The third-order valence-electron chi connectivity index (χ3n) is 13.1. The number of benzene rings is 5. The van der Waals surface area contributed by atoms with Gasteiger partial charge in [0.15, 0.2) is 0 Å². The van der Waals surface area contributed by atoms with E-state index in [-0.39, 0.29) is 30.4 Å². The molecule has 12 heteroatoms. The van der Waals surface area contributed by atoms with Gasteiger partial charge in [-0.15, -0.1) is 0 Å². The molecule has 0 spiro atoms. The molecule has 3 heterocycles. The van der Waals surface area contributed by atoms with Crippen molar-refractivity contribution in [1.29, 1.82) is 0 Å². The van der Waals surface area contributed by atoms with Crippen LogP contribution in [0, 0.1) is 29.6 Å². The Morgan fingerprint density at radius 3 is 2.18 bits per heavy atom. The number of carbonyl (C=O) groups is 4. The highest BCUT2D eigenvalue weighted by molar-refractivity contribution is 6.32. The number of hydrogen-bond donors (Lipinski definition) is 1. The fourth-order valence-corrected chi connectivity index (χ4v) is 10.6. The third-order valence-corrected chi connectivity index (χ3v) is 13.3. The third kappa shape index (κ3) is 6.09. The number of fused-ring (bicyclic) bond motifs is 5. The van der Waals surface area contributed by atoms with Gasteiger partial charge in [0.2, 0.25) is 23.6 Å². The topological polar surface area (TPSA) is 132 Å². The SMILES string of the molecule is CN(C)c1ccc(N=Nc2ccc(N3C(=O)[C@H]4[C@H](CC=C5[C@H](C6=COc7ccc(O)cc7C6)[C@]6(c7ccccc7)C(=O)N(c7cccc(Cl)c7)C(=O)[C@@H]6C[C@H]54)C3=O)cc2)cc1. The molecular weight excluding hydrogens is 790 g/mol. The fourth-order valence-electron chi connectivity index (χ4n) is 10.4. The molecule has 6 atom stereocenters. The molecule has 0 unspecified atom stereocenters. The van der Waals surface area contributed by atoms with E-state index in [2.05, 4.69) is 10.2 Å². The summed E-state index contributed by atoms with van der Waals surface area (Å²) in [5.74, 6) is -4.47. The number of hydrogen-bond acceptors (Lipinski definition) is 9. The number of ether oxygens (including phenoxy) is 1. The van der Waals surface area contributed by atoms with E-state index >= 15 is 9.59 Å². The van der Waals surface area contributed by atoms with Crippen LogP contribution in [-0.4, -0.2) is 42.8 Å². The maximum Gasteiger partial charge on any atom is 0.246 e. The van der Waals surface area contributed by atoms with E-state index in [9.17, 15) is 14.7 Å². The molecule has 3 fully saturated rings. The van der Waals surface area contributed by atoms with Gasteiger partial charge in [-0.05, 0) is 115 Å². The number of anilines is 3. The normalized spacial score (nSPS) is 25.4. The molecule has 1 saturated carbocycles. The van der Waals surface area contributed by atoms with Crippen molar-refractivity contribution < 1.29 is 29.0 Å². The minimum atomic E-state index is -1.44. The number of rotatable bonds is 7. The first-order valence-corrected chi connectivity index (χ1v) is 20.7. The van der Waals surface area contributed by atoms with Crippen LogP contribution in [0.4, 0.5) is 28.4 Å². The lowest BCUT2D eigenvalue weighted by Gasteiger charge is -2.51. The summed E-state index contributed by atoms with van der Waals surface area (Å²) in [6, 6.07) is 35.5. The Balaban J connectivity index is 1.05. The van der Waals surface area contributed by atoms with Gasteiger partial charge in [-0.25, -0.2) is 4.90 Å². The molecule has 11 nitrogen and oxygen atoms in total. The molecule has 5 aliphatic rings. The number of nitrogens with zero attached hydrogens (tertiary/aromatic N) is 5. The predicted octanol–water partition coefficient (Wildman–Crippen LogP) is 9.25. The minimum absolute atomic E-state index is 0.0703. The van der Waals surface area contributed by atoms with E-state index in [1.165, 1.54) is 9.80 Å². The second kappa shape index (κ2) is 14.7. The van der Waals surface area contributed by atoms with E-state index in [0.717, 1.165) is 22.4 Å². The van der Waals surface area contributed by atoms with Gasteiger partial charge in [-0.2, -0.15) is 10.2 Å². The predicted molar refractivity (Wildman–Crippen MR) is 231 cm³/mol. The van der Waals surface area contributed by atoms with Crippen molar-refractivity contribution in [3.8, 4) is 11.5 Å². The number of phenolic OH excluding ortho intramolecular Hbond substituents is 1. The maximum absolute atomic E-state index is 15.6. The Labute approximate surface area is 357 Å². The van der Waals surface area contributed by atoms with Gasteiger partial charge in [0.25, 0.3) is 0 Å². The minimum Gasteiger partial charge on any atom is -0.508 e. The van der Waals surface area contributed by atoms with Crippen LogP contribution in [0.3, 0.4) is 0 Å². The standard InChI is InChI=1S/C49H40ClN5O6/c1-53(2)34-15-11-32(12-16-34)51-52-33-13-17-35(18-14-33)54-45(57)39-21-20-38-40(43(39)47(54)59)26-41-46(58)55(36-10-6-9-31(50)25-36)48(60)49(41,30-7-4-3-5-8-30)44(38)29-23-28-24-37(56)19-22-42(28)61-27-29/h3-20,22,24-25,27,39-41,43-44,56H,21,23,26H2,1-2H3/t39-,40+,41-,43-,44-,49+/m0/s1. The van der Waals surface area contributed by atoms with Crippen LogP contribution in [0.15, 0.2) is 155 Å². The average molecular weight is 830 g/mol. The van der Waals surface area contributed by atoms with E-state index in [1.807, 2.05) is 79.7 Å². The highest BCUT2D eigenvalue weighted by Crippen LogP contribution is 2.64. The molecule has 1 N–H and O–H groups in total. The molecule has 0 radical (unpaired) electrons. The van der Waals surface area contributed by atoms with Gasteiger partial charge >= 0.3 is 0 Å². The molecule has 3 aliphatic heterocycles. The van der Waals surface area contributed by atoms with E-state index in [4.69, 9.17) is 16.3 Å². The molecule has 61 heavy (non-hydrogen) atoms. The largest absolute Gasteiger partial charge is 0.508 e. The molecule has 0 bridgehead atoms. The summed E-state index contributed by atoms with van der Waals surface area (Å²) in [6.45, 7) is 0. The molecule has 5 aromatic carbocycles. The van der Waals surface area contributed by atoms with Crippen LogP contribution in [0.1, 0.15) is 24.0 Å². The second-order valence-electron chi connectivity index (χ2n) is 16.5. The summed E-state index contributed by atoms with van der Waals surface area (Å²) >= 11 is 6.46. The van der Waals surface area contributed by atoms with Crippen LogP contribution in [0.2, 0.25) is 5.02 Å². The molecular formula is C49H40ClN5O6. The van der Waals surface area contributed by atoms with Gasteiger partial charge < -0.3 is 14.7 Å². The Morgan fingerprint density at radius 1 is 0.754 bits per heavy atom. The van der Waals surface area contributed by atoms with Gasteiger partial charge in [0.1, 0.15) is 11.5 Å². The Hall–Kier alpha value is -6.85. The summed E-state index contributed by atoms with van der Waals surface area (Å²) in [4.78, 5) is 64.4. The van der Waals surface area contributed by atoms with Crippen LogP contribution >= 0.6 is 11.6 Å². The number of carbonyl (C=O) groups excluding carboxylic acids is 4. The zero-order valence-electron chi connectivity index (χ0n) is 33.3. The van der Waals surface area contributed by atoms with Crippen molar-refractivity contribution in [3.05, 3.63) is 161 Å². The van der Waals surface area contributed by atoms with Gasteiger partial charge in [0.05, 0.1) is 52.2 Å². The number of halogens is 1. The summed E-state index contributed by atoms with van der Waals surface area (Å²) in [5, 5.41) is 19.6. The van der Waals surface area contributed by atoms with Crippen LogP contribution < -0.4 is 19.4 Å². The van der Waals surface area contributed by atoms with Crippen LogP contribution in [0.25, 0.3) is 0 Å². The number of azo groups is 1. The van der Waals surface area contributed by atoms with Gasteiger partial charge in [0, 0.05) is 42.7 Å². The van der Waals surface area contributed by atoms with Crippen LogP contribution in [0.5, 0.6) is 11.5 Å². The Morgan fingerprint density at radius 2 is 1.48 bits per heavy atom. The van der Waals surface area contributed by atoms with Crippen molar-refractivity contribution in [2.45, 2.75) is 24.7 Å². The zero-order valence-corrected chi connectivity index (χ0v) is 34.1. The molecule has 304 valence electrons. The van der Waals surface area contributed by atoms with Gasteiger partial charge in [-0.1, -0.05) is 59.6 Å². The lowest BCUT2D eigenvalue weighted by molar-refractivity contribution is -0.128. The average Bonchev–Trinajstić information content (AvgIpc) is 3.66. The van der Waals surface area contributed by atoms with E-state index in [0.29, 0.717) is 45.5 Å².